The van der Waals surface area contributed by atoms with Crippen LogP contribution in [0.15, 0.2) is 67.3 Å². The van der Waals surface area contributed by atoms with Crippen molar-refractivity contribution in [2.45, 2.75) is 6.18 Å². The fraction of sp³-hybridized carbons (Fsp3) is 0.100. The highest BCUT2D eigenvalue weighted by atomic mass is 19.4. The molecule has 7 nitrogen and oxygen atoms in total. The molecule has 152 valence electrons. The van der Waals surface area contributed by atoms with Gasteiger partial charge in [0.15, 0.2) is 5.75 Å². The van der Waals surface area contributed by atoms with E-state index in [0.717, 1.165) is 21.9 Å². The molecule has 0 N–H and O–H groups in total. The lowest BCUT2D eigenvalue weighted by Gasteiger charge is -2.18. The average molecular weight is 414 g/mol. The lowest BCUT2D eigenvalue weighted by Crippen LogP contribution is -2.33. The van der Waals surface area contributed by atoms with Gasteiger partial charge >= 0.3 is 12.2 Å². The van der Waals surface area contributed by atoms with Gasteiger partial charge in [0.1, 0.15) is 18.6 Å². The fourth-order valence-electron chi connectivity index (χ4n) is 2.94. The van der Waals surface area contributed by atoms with Crippen molar-refractivity contribution in [1.82, 2.24) is 9.97 Å². The van der Waals surface area contributed by atoms with Gasteiger partial charge in [-0.05, 0) is 42.5 Å². The van der Waals surface area contributed by atoms with Crippen molar-refractivity contribution in [1.29, 1.82) is 0 Å². The Morgan fingerprint density at radius 3 is 2.27 bits per heavy atom. The highest BCUT2D eigenvalue weighted by Crippen LogP contribution is 2.34. The zero-order valence-electron chi connectivity index (χ0n) is 15.2. The molecular weight excluding hydrogens is 401 g/mol. The summed E-state index contributed by atoms with van der Waals surface area (Å²) in [5, 5.41) is 0. The average Bonchev–Trinajstić information content (AvgIpc) is 3.03. The summed E-state index contributed by atoms with van der Waals surface area (Å²) in [6, 6.07) is 9.67. The Morgan fingerprint density at radius 2 is 1.60 bits per heavy atom. The number of nitrogens with zero attached hydrogens (tertiary/aromatic N) is 4. The quantitative estimate of drug-likeness (QED) is 0.597. The van der Waals surface area contributed by atoms with Crippen LogP contribution in [0.2, 0.25) is 0 Å². The van der Waals surface area contributed by atoms with E-state index in [0.29, 0.717) is 11.5 Å². The molecule has 0 radical (unpaired) electrons. The summed E-state index contributed by atoms with van der Waals surface area (Å²) in [5.41, 5.74) is -0.629. The van der Waals surface area contributed by atoms with Crippen LogP contribution < -0.4 is 14.5 Å². The van der Waals surface area contributed by atoms with Gasteiger partial charge in [0, 0.05) is 5.69 Å². The first kappa shape index (κ1) is 19.4. The topological polar surface area (TPSA) is 75.6 Å². The van der Waals surface area contributed by atoms with E-state index in [1.54, 1.807) is 12.1 Å². The Bertz CT molecular complexity index is 1090. The van der Waals surface area contributed by atoms with E-state index < -0.39 is 23.7 Å². The van der Waals surface area contributed by atoms with Crippen molar-refractivity contribution < 1.29 is 27.5 Å². The molecule has 0 spiro atoms. The minimum Gasteiger partial charge on any atom is -0.454 e. The Balaban J connectivity index is 1.55. The standard InChI is InChI=1S/C20H13F3N4O3/c21-20(22,23)13-2-1-3-15(8-13)26-11-18(28)27(19(26)29)14-4-6-16(7-5-14)30-17-9-24-12-25-10-17/h1-10,12H,11H2. The number of imide groups is 1. The Labute approximate surface area is 168 Å². The molecule has 0 unspecified atom stereocenters. The highest BCUT2D eigenvalue weighted by molar-refractivity contribution is 6.26. The number of carbonyl (C=O) groups excluding carboxylic acids is 2. The smallest absolute Gasteiger partial charge is 0.416 e. The van der Waals surface area contributed by atoms with Crippen molar-refractivity contribution in [3.8, 4) is 11.5 Å². The van der Waals surface area contributed by atoms with E-state index in [1.165, 1.54) is 43.0 Å². The maximum atomic E-state index is 13.0. The van der Waals surface area contributed by atoms with Gasteiger partial charge in [-0.2, -0.15) is 13.2 Å². The maximum Gasteiger partial charge on any atom is 0.416 e. The zero-order valence-corrected chi connectivity index (χ0v) is 15.2. The summed E-state index contributed by atoms with van der Waals surface area (Å²) in [4.78, 5) is 34.8. The fourth-order valence-corrected chi connectivity index (χ4v) is 2.94. The summed E-state index contributed by atoms with van der Waals surface area (Å²) >= 11 is 0. The number of hydrogen-bond acceptors (Lipinski definition) is 5. The second kappa shape index (κ2) is 7.47. The van der Waals surface area contributed by atoms with Crippen LogP contribution in [0.25, 0.3) is 0 Å². The van der Waals surface area contributed by atoms with Crippen molar-refractivity contribution >= 4 is 23.3 Å². The van der Waals surface area contributed by atoms with Crippen LogP contribution in [-0.2, 0) is 11.0 Å². The molecule has 1 aliphatic heterocycles. The first-order valence-electron chi connectivity index (χ1n) is 8.67. The zero-order chi connectivity index (χ0) is 21.3. The lowest BCUT2D eigenvalue weighted by molar-refractivity contribution is -0.137. The molecule has 4 rings (SSSR count). The number of rotatable bonds is 4. The van der Waals surface area contributed by atoms with Gasteiger partial charge in [-0.15, -0.1) is 0 Å². The minimum absolute atomic E-state index is 0.00490. The van der Waals surface area contributed by atoms with Crippen LogP contribution in [0.4, 0.5) is 29.3 Å². The molecule has 1 fully saturated rings. The number of alkyl halides is 3. The number of carbonyl (C=O) groups is 2. The van der Waals surface area contributed by atoms with Gasteiger partial charge in [0.2, 0.25) is 0 Å². The second-order valence-electron chi connectivity index (χ2n) is 6.32. The van der Waals surface area contributed by atoms with Gasteiger partial charge in [0.05, 0.1) is 23.6 Å². The third kappa shape index (κ3) is 3.79. The monoisotopic (exact) mass is 414 g/mol. The van der Waals surface area contributed by atoms with Crippen LogP contribution in [0.1, 0.15) is 5.56 Å². The van der Waals surface area contributed by atoms with Gasteiger partial charge in [-0.25, -0.2) is 19.7 Å². The largest absolute Gasteiger partial charge is 0.454 e. The number of amides is 3. The molecule has 0 bridgehead atoms. The Kier molecular flexibility index (Phi) is 4.82. The molecule has 0 atom stereocenters. The normalized spacial score (nSPS) is 14.4. The lowest BCUT2D eigenvalue weighted by atomic mass is 10.2. The number of benzene rings is 2. The molecule has 10 heteroatoms. The number of ether oxygens (including phenoxy) is 1. The van der Waals surface area contributed by atoms with E-state index in [1.807, 2.05) is 0 Å². The molecule has 2 heterocycles. The van der Waals surface area contributed by atoms with Crippen LogP contribution in [0, 0.1) is 0 Å². The Morgan fingerprint density at radius 1 is 0.900 bits per heavy atom. The molecule has 3 aromatic rings. The number of anilines is 2. The molecule has 0 aliphatic carbocycles. The van der Waals surface area contributed by atoms with Crippen molar-refractivity contribution in [3.05, 3.63) is 72.8 Å². The van der Waals surface area contributed by atoms with Crippen molar-refractivity contribution in [2.24, 2.45) is 0 Å². The second-order valence-corrected chi connectivity index (χ2v) is 6.32. The molecule has 3 amide bonds. The number of urea groups is 1. The molecule has 1 aromatic heterocycles. The van der Waals surface area contributed by atoms with E-state index in [4.69, 9.17) is 4.74 Å². The highest BCUT2D eigenvalue weighted by Gasteiger charge is 2.39. The van der Waals surface area contributed by atoms with E-state index in [9.17, 15) is 22.8 Å². The Hall–Kier alpha value is -3.95. The van der Waals surface area contributed by atoms with Crippen LogP contribution >= 0.6 is 0 Å². The summed E-state index contributed by atoms with van der Waals surface area (Å²) in [6.07, 6.45) is -0.248. The summed E-state index contributed by atoms with van der Waals surface area (Å²) in [6.45, 7) is -0.361. The third-order valence-electron chi connectivity index (χ3n) is 4.32. The molecule has 1 aliphatic rings. The number of halogens is 3. The van der Waals surface area contributed by atoms with E-state index in [2.05, 4.69) is 9.97 Å². The van der Waals surface area contributed by atoms with Crippen LogP contribution in [0.5, 0.6) is 11.5 Å². The summed E-state index contributed by atoms with van der Waals surface area (Å²) in [7, 11) is 0. The van der Waals surface area contributed by atoms with Crippen LogP contribution in [-0.4, -0.2) is 28.5 Å². The SMILES string of the molecule is O=C1CN(c2cccc(C(F)(F)F)c2)C(=O)N1c1ccc(Oc2cncnc2)cc1. The van der Waals surface area contributed by atoms with Gasteiger partial charge < -0.3 is 4.74 Å². The molecule has 30 heavy (non-hydrogen) atoms. The minimum atomic E-state index is -4.55. The van der Waals surface area contributed by atoms with Gasteiger partial charge in [0.25, 0.3) is 5.91 Å². The third-order valence-corrected chi connectivity index (χ3v) is 4.32. The van der Waals surface area contributed by atoms with E-state index in [-0.39, 0.29) is 17.9 Å². The molecule has 0 saturated carbocycles. The van der Waals surface area contributed by atoms with Crippen LogP contribution in [0.3, 0.4) is 0 Å². The first-order chi connectivity index (χ1) is 14.3. The van der Waals surface area contributed by atoms with Crippen molar-refractivity contribution in [2.75, 3.05) is 16.3 Å². The van der Waals surface area contributed by atoms with Crippen molar-refractivity contribution in [3.63, 3.8) is 0 Å². The molecule has 2 aromatic carbocycles. The summed E-state index contributed by atoms with van der Waals surface area (Å²) in [5.74, 6) is 0.291. The molecule has 1 saturated heterocycles. The predicted octanol–water partition coefficient (Wildman–Crippen LogP) is 4.26. The predicted molar refractivity (Wildman–Crippen MR) is 100 cm³/mol. The molecular formula is C20H13F3N4O3. The van der Waals surface area contributed by atoms with Gasteiger partial charge in [-0.3, -0.25) is 9.69 Å². The maximum absolute atomic E-state index is 13.0. The number of hydrogen-bond donors (Lipinski definition) is 0. The number of aromatic nitrogens is 2. The summed E-state index contributed by atoms with van der Waals surface area (Å²) < 4.78 is 44.4. The first-order valence-corrected chi connectivity index (χ1v) is 8.67. The van der Waals surface area contributed by atoms with Gasteiger partial charge in [-0.1, -0.05) is 6.07 Å². The van der Waals surface area contributed by atoms with E-state index >= 15 is 0 Å².